The Labute approximate surface area is 163 Å². The maximum atomic E-state index is 10.6. The first kappa shape index (κ1) is 27.1. The van der Waals surface area contributed by atoms with Gasteiger partial charge in [-0.1, -0.05) is 45.4 Å². The lowest BCUT2D eigenvalue weighted by molar-refractivity contribution is -0.192. The van der Waals surface area contributed by atoms with Gasteiger partial charge in [-0.05, 0) is 19.9 Å². The average Bonchev–Trinajstić information content (AvgIpc) is 2.84. The van der Waals surface area contributed by atoms with Crippen LogP contribution in [0.2, 0.25) is 0 Å². The Bertz CT molecular complexity index is 438. The summed E-state index contributed by atoms with van der Waals surface area (Å²) in [5.41, 5.74) is 0. The second-order valence-corrected chi connectivity index (χ2v) is 7.12. The number of rotatable bonds is 10. The molecule has 0 aromatic carbocycles. The van der Waals surface area contributed by atoms with E-state index in [0.717, 1.165) is 19.4 Å². The van der Waals surface area contributed by atoms with Crippen LogP contribution in [0.1, 0.15) is 58.8 Å². The molecule has 1 heterocycles. The van der Waals surface area contributed by atoms with Crippen molar-refractivity contribution < 1.29 is 43.5 Å². The number of nitrogens with zero attached hydrogens (tertiary/aromatic N) is 1. The van der Waals surface area contributed by atoms with Crippen molar-refractivity contribution in [2.24, 2.45) is 0 Å². The van der Waals surface area contributed by atoms with Gasteiger partial charge in [-0.25, -0.2) is 4.79 Å². The van der Waals surface area contributed by atoms with E-state index < -0.39 is 43.1 Å². The van der Waals surface area contributed by atoms with Crippen molar-refractivity contribution in [3.05, 3.63) is 0 Å². The van der Waals surface area contributed by atoms with Crippen LogP contribution in [0.5, 0.6) is 0 Å². The van der Waals surface area contributed by atoms with Crippen LogP contribution in [-0.2, 0) is 4.79 Å². The number of hydrogen-bond donors (Lipinski definition) is 5. The van der Waals surface area contributed by atoms with Crippen molar-refractivity contribution in [3.8, 4) is 0 Å². The van der Waals surface area contributed by atoms with Crippen LogP contribution in [0, 0.1) is 0 Å². The maximum Gasteiger partial charge on any atom is 0.490 e. The third-order valence-corrected chi connectivity index (χ3v) is 4.94. The lowest BCUT2D eigenvalue weighted by atomic mass is 10.0. The second kappa shape index (κ2) is 13.3. The van der Waals surface area contributed by atoms with E-state index in [2.05, 4.69) is 6.92 Å². The first-order valence-corrected chi connectivity index (χ1v) is 9.69. The highest BCUT2D eigenvalue weighted by Gasteiger charge is 2.47. The summed E-state index contributed by atoms with van der Waals surface area (Å²) in [6.45, 7) is 4.41. The van der Waals surface area contributed by atoms with Gasteiger partial charge in [-0.3, -0.25) is 4.90 Å². The fraction of sp³-hybridized carbons (Fsp3) is 0.944. The zero-order chi connectivity index (χ0) is 21.9. The van der Waals surface area contributed by atoms with Gasteiger partial charge in [-0.15, -0.1) is 0 Å². The summed E-state index contributed by atoms with van der Waals surface area (Å²) in [5, 5.41) is 46.1. The predicted octanol–water partition coefficient (Wildman–Crippen LogP) is 1.52. The number of halogens is 3. The molecule has 0 aromatic heterocycles. The normalized spacial score (nSPS) is 26.6. The highest BCUT2D eigenvalue weighted by atomic mass is 19.4. The third kappa shape index (κ3) is 9.04. The molecule has 0 amide bonds. The Morgan fingerprint density at radius 3 is 1.93 bits per heavy atom. The fourth-order valence-corrected chi connectivity index (χ4v) is 3.31. The molecule has 1 aliphatic rings. The van der Waals surface area contributed by atoms with Crippen molar-refractivity contribution in [3.63, 3.8) is 0 Å². The third-order valence-electron chi connectivity index (χ3n) is 4.94. The maximum absolute atomic E-state index is 10.6. The van der Waals surface area contributed by atoms with Gasteiger partial charge in [0, 0.05) is 6.04 Å². The van der Waals surface area contributed by atoms with Crippen LogP contribution in [-0.4, -0.2) is 86.1 Å². The summed E-state index contributed by atoms with van der Waals surface area (Å²) in [6, 6.07) is -0.758. The van der Waals surface area contributed by atoms with Crippen molar-refractivity contribution in [1.82, 2.24) is 4.90 Å². The van der Waals surface area contributed by atoms with Crippen molar-refractivity contribution in [2.45, 2.75) is 95.4 Å². The van der Waals surface area contributed by atoms with Crippen LogP contribution < -0.4 is 0 Å². The van der Waals surface area contributed by atoms with Crippen molar-refractivity contribution >= 4 is 5.97 Å². The highest BCUT2D eigenvalue weighted by Crippen LogP contribution is 2.28. The molecule has 5 atom stereocenters. The SMILES string of the molecule is CCCCCCCCCN1[C@@H]([C@@H](O)CO)[C@H](O)[C@H](O)[C@@H]1C.O=C(O)C(F)(F)F. The molecule has 168 valence electrons. The summed E-state index contributed by atoms with van der Waals surface area (Å²) < 4.78 is 31.7. The molecule has 0 spiro atoms. The summed E-state index contributed by atoms with van der Waals surface area (Å²) in [7, 11) is 0. The number of aliphatic hydroxyl groups is 4. The topological polar surface area (TPSA) is 121 Å². The standard InChI is InChI=1S/C16H33NO4.C2HF3O2/c1-3-4-5-6-7-8-9-10-17-12(2)15(20)16(21)14(17)13(19)11-18;3-2(4,5)1(6)7/h12-16,18-21H,3-11H2,1-2H3;(H,6,7)/t12-,13-,14-,15+,16-;/m0./s1. The number of carboxylic acid groups (broad SMARTS) is 1. The molecule has 0 aromatic rings. The Hall–Kier alpha value is -0.940. The van der Waals surface area contributed by atoms with Gasteiger partial charge in [0.15, 0.2) is 0 Å². The van der Waals surface area contributed by atoms with Gasteiger partial charge in [0.05, 0.1) is 31.0 Å². The van der Waals surface area contributed by atoms with E-state index in [1.807, 2.05) is 11.8 Å². The zero-order valence-electron chi connectivity index (χ0n) is 16.5. The number of unbranched alkanes of at least 4 members (excludes halogenated alkanes) is 6. The minimum Gasteiger partial charge on any atom is -0.475 e. The summed E-state index contributed by atoms with van der Waals surface area (Å²) in [6.07, 6.45) is 0.481. The van der Waals surface area contributed by atoms with Crippen molar-refractivity contribution in [2.75, 3.05) is 13.2 Å². The number of likely N-dealkylation sites (tertiary alicyclic amines) is 1. The fourth-order valence-electron chi connectivity index (χ4n) is 3.31. The largest absolute Gasteiger partial charge is 0.490 e. The van der Waals surface area contributed by atoms with Gasteiger partial charge in [0.25, 0.3) is 0 Å². The van der Waals surface area contributed by atoms with Gasteiger partial charge in [-0.2, -0.15) is 13.2 Å². The molecular weight excluding hydrogens is 383 g/mol. The van der Waals surface area contributed by atoms with Crippen LogP contribution >= 0.6 is 0 Å². The van der Waals surface area contributed by atoms with Gasteiger partial charge >= 0.3 is 12.1 Å². The number of carboxylic acids is 1. The van der Waals surface area contributed by atoms with E-state index in [0.29, 0.717) is 0 Å². The summed E-state index contributed by atoms with van der Waals surface area (Å²) in [5.74, 6) is -2.76. The minimum atomic E-state index is -5.08. The second-order valence-electron chi connectivity index (χ2n) is 7.12. The lowest BCUT2D eigenvalue weighted by Gasteiger charge is -2.31. The number of carbonyl (C=O) groups is 1. The molecule has 7 nitrogen and oxygen atoms in total. The van der Waals surface area contributed by atoms with Crippen LogP contribution in [0.4, 0.5) is 13.2 Å². The number of hydrogen-bond acceptors (Lipinski definition) is 6. The molecular formula is C18H34F3NO6. The first-order valence-electron chi connectivity index (χ1n) is 9.69. The zero-order valence-corrected chi connectivity index (χ0v) is 16.5. The summed E-state index contributed by atoms with van der Waals surface area (Å²) >= 11 is 0. The molecule has 5 N–H and O–H groups in total. The van der Waals surface area contributed by atoms with E-state index in [1.165, 1.54) is 32.1 Å². The van der Waals surface area contributed by atoms with Crippen molar-refractivity contribution in [1.29, 1.82) is 0 Å². The first-order chi connectivity index (χ1) is 13.0. The van der Waals surface area contributed by atoms with Crippen LogP contribution in [0.25, 0.3) is 0 Å². The summed E-state index contributed by atoms with van der Waals surface area (Å²) in [4.78, 5) is 10.8. The van der Waals surface area contributed by atoms with E-state index >= 15 is 0 Å². The Morgan fingerprint density at radius 2 is 1.50 bits per heavy atom. The van der Waals surface area contributed by atoms with E-state index in [1.54, 1.807) is 0 Å². The predicted molar refractivity (Wildman–Crippen MR) is 96.7 cm³/mol. The molecule has 1 aliphatic heterocycles. The monoisotopic (exact) mass is 417 g/mol. The molecule has 28 heavy (non-hydrogen) atoms. The molecule has 1 saturated heterocycles. The Kier molecular flexibility index (Phi) is 12.9. The smallest absolute Gasteiger partial charge is 0.475 e. The van der Waals surface area contributed by atoms with E-state index in [-0.39, 0.29) is 6.04 Å². The minimum absolute atomic E-state index is 0.189. The number of aliphatic carboxylic acids is 1. The number of aliphatic hydroxyl groups excluding tert-OH is 4. The molecule has 0 aliphatic carbocycles. The lowest BCUT2D eigenvalue weighted by Crippen LogP contribution is -2.48. The van der Waals surface area contributed by atoms with Crippen LogP contribution in [0.3, 0.4) is 0 Å². The van der Waals surface area contributed by atoms with Gasteiger partial charge < -0.3 is 25.5 Å². The van der Waals surface area contributed by atoms with Gasteiger partial charge in [0.1, 0.15) is 0 Å². The molecule has 0 unspecified atom stereocenters. The number of alkyl halides is 3. The molecule has 0 radical (unpaired) electrons. The molecule has 1 fully saturated rings. The van der Waals surface area contributed by atoms with E-state index in [4.69, 9.17) is 15.0 Å². The molecule has 0 saturated carbocycles. The quantitative estimate of drug-likeness (QED) is 0.342. The molecule has 1 rings (SSSR count). The van der Waals surface area contributed by atoms with Gasteiger partial charge in [0.2, 0.25) is 0 Å². The van der Waals surface area contributed by atoms with E-state index in [9.17, 15) is 28.5 Å². The average molecular weight is 417 g/mol. The molecule has 0 bridgehead atoms. The highest BCUT2D eigenvalue weighted by molar-refractivity contribution is 5.73. The Morgan fingerprint density at radius 1 is 1.04 bits per heavy atom. The van der Waals surface area contributed by atoms with Crippen LogP contribution in [0.15, 0.2) is 0 Å². The Balaban J connectivity index is 0.000000887. The molecule has 10 heteroatoms.